The number of amides is 2. The van der Waals surface area contributed by atoms with Crippen LogP contribution in [0.2, 0.25) is 5.02 Å². The van der Waals surface area contributed by atoms with E-state index < -0.39 is 5.91 Å². The molecule has 2 aromatic heterocycles. The third-order valence-electron chi connectivity index (χ3n) is 3.89. The SMILES string of the molecule is CN(C)CCNC(=O)c1nc(C(=O)Nc2cccc(Cl)c2)n2ccccc12. The van der Waals surface area contributed by atoms with Crippen molar-refractivity contribution >= 4 is 34.6 Å². The fourth-order valence-electron chi connectivity index (χ4n) is 2.60. The number of nitrogens with one attached hydrogen (secondary N) is 2. The summed E-state index contributed by atoms with van der Waals surface area (Å²) < 4.78 is 1.60. The molecular formula is C19H20ClN5O2. The molecule has 0 fully saturated rings. The lowest BCUT2D eigenvalue weighted by atomic mass is 10.3. The van der Waals surface area contributed by atoms with Gasteiger partial charge in [0.25, 0.3) is 11.8 Å². The Labute approximate surface area is 162 Å². The highest BCUT2D eigenvalue weighted by Gasteiger charge is 2.21. The van der Waals surface area contributed by atoms with Gasteiger partial charge >= 0.3 is 0 Å². The number of carbonyl (C=O) groups excluding carboxylic acids is 2. The van der Waals surface area contributed by atoms with E-state index in [1.165, 1.54) is 0 Å². The Balaban J connectivity index is 1.87. The van der Waals surface area contributed by atoms with Gasteiger partial charge in [-0.15, -0.1) is 0 Å². The minimum Gasteiger partial charge on any atom is -0.349 e. The van der Waals surface area contributed by atoms with E-state index in [9.17, 15) is 9.59 Å². The molecule has 0 bridgehead atoms. The summed E-state index contributed by atoms with van der Waals surface area (Å²) in [5, 5.41) is 6.10. The highest BCUT2D eigenvalue weighted by Crippen LogP contribution is 2.18. The molecule has 3 aromatic rings. The van der Waals surface area contributed by atoms with Crippen LogP contribution in [0.3, 0.4) is 0 Å². The maximum atomic E-state index is 12.7. The van der Waals surface area contributed by atoms with Crippen molar-refractivity contribution in [3.63, 3.8) is 0 Å². The molecule has 2 amide bonds. The van der Waals surface area contributed by atoms with Gasteiger partial charge in [-0.05, 0) is 44.4 Å². The number of imidazole rings is 1. The van der Waals surface area contributed by atoms with E-state index in [0.717, 1.165) is 0 Å². The van der Waals surface area contributed by atoms with E-state index in [-0.39, 0.29) is 17.4 Å². The quantitative estimate of drug-likeness (QED) is 0.683. The van der Waals surface area contributed by atoms with Gasteiger partial charge in [0.2, 0.25) is 5.82 Å². The lowest BCUT2D eigenvalue weighted by molar-refractivity contribution is 0.0948. The van der Waals surface area contributed by atoms with E-state index in [0.29, 0.717) is 29.3 Å². The van der Waals surface area contributed by atoms with Crippen molar-refractivity contribution < 1.29 is 9.59 Å². The highest BCUT2D eigenvalue weighted by atomic mass is 35.5. The number of rotatable bonds is 6. The zero-order chi connectivity index (χ0) is 19.4. The lowest BCUT2D eigenvalue weighted by Gasteiger charge is -2.09. The maximum Gasteiger partial charge on any atom is 0.292 e. The third kappa shape index (κ3) is 4.45. The standard InChI is InChI=1S/C19H20ClN5O2/c1-24(2)11-9-21-18(26)16-15-8-3-4-10-25(15)17(23-16)19(27)22-14-7-5-6-13(20)12-14/h3-8,10,12H,9,11H2,1-2H3,(H,21,26)(H,22,27). The van der Waals surface area contributed by atoms with E-state index in [1.54, 1.807) is 53.1 Å². The molecule has 0 aliphatic heterocycles. The molecule has 7 nitrogen and oxygen atoms in total. The van der Waals surface area contributed by atoms with Crippen LogP contribution in [0.15, 0.2) is 48.7 Å². The molecule has 0 aliphatic rings. The zero-order valence-corrected chi connectivity index (χ0v) is 15.8. The van der Waals surface area contributed by atoms with Crippen LogP contribution in [0.1, 0.15) is 21.1 Å². The molecule has 0 atom stereocenters. The number of hydrogen-bond donors (Lipinski definition) is 2. The highest BCUT2D eigenvalue weighted by molar-refractivity contribution is 6.31. The Morgan fingerprint density at radius 3 is 2.70 bits per heavy atom. The first-order valence-corrected chi connectivity index (χ1v) is 8.80. The molecule has 2 heterocycles. The van der Waals surface area contributed by atoms with Gasteiger partial charge in [-0.1, -0.05) is 23.7 Å². The van der Waals surface area contributed by atoms with Crippen LogP contribution < -0.4 is 10.6 Å². The maximum absolute atomic E-state index is 12.7. The van der Waals surface area contributed by atoms with Gasteiger partial charge in [0.05, 0.1) is 5.52 Å². The fourth-order valence-corrected chi connectivity index (χ4v) is 2.79. The summed E-state index contributed by atoms with van der Waals surface area (Å²) in [5.41, 5.74) is 1.33. The van der Waals surface area contributed by atoms with E-state index >= 15 is 0 Å². The van der Waals surface area contributed by atoms with Gasteiger partial charge in [0, 0.05) is 30.0 Å². The van der Waals surface area contributed by atoms with Crippen LogP contribution in [0, 0.1) is 0 Å². The molecule has 27 heavy (non-hydrogen) atoms. The van der Waals surface area contributed by atoms with E-state index in [2.05, 4.69) is 15.6 Å². The molecular weight excluding hydrogens is 366 g/mol. The van der Waals surface area contributed by atoms with Crippen molar-refractivity contribution in [1.82, 2.24) is 19.6 Å². The van der Waals surface area contributed by atoms with Crippen molar-refractivity contribution in [2.24, 2.45) is 0 Å². The Kier molecular flexibility index (Phi) is 5.73. The summed E-state index contributed by atoms with van der Waals surface area (Å²) in [7, 11) is 3.85. The number of likely N-dealkylation sites (N-methyl/N-ethyl adjacent to an activating group) is 1. The van der Waals surface area contributed by atoms with Gasteiger partial charge < -0.3 is 15.5 Å². The van der Waals surface area contributed by atoms with Gasteiger partial charge in [-0.25, -0.2) is 4.98 Å². The van der Waals surface area contributed by atoms with Crippen molar-refractivity contribution in [3.05, 3.63) is 65.2 Å². The summed E-state index contributed by atoms with van der Waals surface area (Å²) in [6, 6.07) is 12.2. The average molecular weight is 386 g/mol. The van der Waals surface area contributed by atoms with Gasteiger partial charge in [-0.2, -0.15) is 0 Å². The Hall–Kier alpha value is -2.90. The molecule has 3 rings (SSSR count). The minimum absolute atomic E-state index is 0.128. The second-order valence-corrected chi connectivity index (χ2v) is 6.70. The summed E-state index contributed by atoms with van der Waals surface area (Å²) >= 11 is 5.96. The predicted octanol–water partition coefficient (Wildman–Crippen LogP) is 2.53. The normalized spacial score (nSPS) is 11.0. The van der Waals surface area contributed by atoms with Crippen LogP contribution in [0.5, 0.6) is 0 Å². The number of anilines is 1. The molecule has 8 heteroatoms. The second kappa shape index (κ2) is 8.20. The minimum atomic E-state index is -0.425. The van der Waals surface area contributed by atoms with Crippen LogP contribution in [0.25, 0.3) is 5.52 Å². The molecule has 0 saturated carbocycles. The van der Waals surface area contributed by atoms with E-state index in [1.807, 2.05) is 19.0 Å². The number of carbonyl (C=O) groups is 2. The van der Waals surface area contributed by atoms with Gasteiger partial charge in [0.1, 0.15) is 0 Å². The number of pyridine rings is 1. The van der Waals surface area contributed by atoms with E-state index in [4.69, 9.17) is 11.6 Å². The van der Waals surface area contributed by atoms with Gasteiger partial charge in [0.15, 0.2) is 5.69 Å². The number of halogens is 1. The van der Waals surface area contributed by atoms with Crippen molar-refractivity contribution in [2.45, 2.75) is 0 Å². The number of hydrogen-bond acceptors (Lipinski definition) is 4. The third-order valence-corrected chi connectivity index (χ3v) is 4.13. The lowest BCUT2D eigenvalue weighted by Crippen LogP contribution is -2.31. The largest absolute Gasteiger partial charge is 0.349 e. The van der Waals surface area contributed by atoms with Crippen molar-refractivity contribution in [1.29, 1.82) is 0 Å². The number of fused-ring (bicyclic) bond motifs is 1. The average Bonchev–Trinajstić information content (AvgIpc) is 3.01. The monoisotopic (exact) mass is 385 g/mol. The van der Waals surface area contributed by atoms with Crippen LogP contribution in [-0.4, -0.2) is 53.3 Å². The first-order valence-electron chi connectivity index (χ1n) is 8.42. The molecule has 0 spiro atoms. The molecule has 0 aliphatic carbocycles. The molecule has 0 saturated heterocycles. The van der Waals surface area contributed by atoms with Crippen molar-refractivity contribution in [2.75, 3.05) is 32.5 Å². The molecule has 0 unspecified atom stereocenters. The smallest absolute Gasteiger partial charge is 0.292 e. The molecule has 140 valence electrons. The molecule has 1 aromatic carbocycles. The van der Waals surface area contributed by atoms with Crippen LogP contribution >= 0.6 is 11.6 Å². The Morgan fingerprint density at radius 2 is 1.96 bits per heavy atom. The predicted molar refractivity (Wildman–Crippen MR) is 105 cm³/mol. The first-order chi connectivity index (χ1) is 13.0. The van der Waals surface area contributed by atoms with Crippen LogP contribution in [0.4, 0.5) is 5.69 Å². The van der Waals surface area contributed by atoms with Gasteiger partial charge in [-0.3, -0.25) is 14.0 Å². The topological polar surface area (TPSA) is 78.7 Å². The summed E-state index contributed by atoms with van der Waals surface area (Å²) in [4.78, 5) is 31.5. The van der Waals surface area contributed by atoms with Crippen LogP contribution in [-0.2, 0) is 0 Å². The zero-order valence-electron chi connectivity index (χ0n) is 15.1. The summed E-state index contributed by atoms with van der Waals surface area (Å²) in [6.45, 7) is 1.20. The Bertz CT molecular complexity index is 983. The number of aromatic nitrogens is 2. The molecule has 0 radical (unpaired) electrons. The first kappa shape index (κ1) is 18.9. The Morgan fingerprint density at radius 1 is 1.15 bits per heavy atom. The summed E-state index contributed by atoms with van der Waals surface area (Å²) in [5.74, 6) is -0.614. The fraction of sp³-hybridized carbons (Fsp3) is 0.211. The van der Waals surface area contributed by atoms with Crippen molar-refractivity contribution in [3.8, 4) is 0 Å². The second-order valence-electron chi connectivity index (χ2n) is 6.26. The summed E-state index contributed by atoms with van der Waals surface area (Å²) in [6.07, 6.45) is 1.70. The number of nitrogens with zero attached hydrogens (tertiary/aromatic N) is 3. The molecule has 2 N–H and O–H groups in total. The number of benzene rings is 1.